The summed E-state index contributed by atoms with van der Waals surface area (Å²) in [5.41, 5.74) is 6.71. The van der Waals surface area contributed by atoms with Gasteiger partial charge in [-0.25, -0.2) is 0 Å². The molecule has 6 heteroatoms. The molecule has 1 saturated heterocycles. The van der Waals surface area contributed by atoms with Crippen molar-refractivity contribution in [1.82, 2.24) is 4.90 Å². The van der Waals surface area contributed by atoms with E-state index >= 15 is 0 Å². The first-order valence-corrected chi connectivity index (χ1v) is 6.03. The monoisotopic (exact) mass is 305 g/mol. The number of para-hydroxylation sites is 1. The molecule has 0 bridgehead atoms. The van der Waals surface area contributed by atoms with Gasteiger partial charge >= 0.3 is 0 Å². The second-order valence-corrected chi connectivity index (χ2v) is 4.57. The van der Waals surface area contributed by atoms with Crippen LogP contribution in [0, 0.1) is 0 Å². The zero-order valence-corrected chi connectivity index (χ0v) is 12.5. The molecule has 4 nitrogen and oxygen atoms in total. The molecule has 0 aliphatic carbocycles. The van der Waals surface area contributed by atoms with Crippen LogP contribution in [-0.4, -0.2) is 36.0 Å². The molecule has 2 atom stereocenters. The summed E-state index contributed by atoms with van der Waals surface area (Å²) >= 11 is 0. The number of carbonyl (C=O) groups is 1. The summed E-state index contributed by atoms with van der Waals surface area (Å²) in [7, 11) is 0. The summed E-state index contributed by atoms with van der Waals surface area (Å²) in [6.07, 6.45) is 0.980. The lowest BCUT2D eigenvalue weighted by Crippen LogP contribution is -2.41. The van der Waals surface area contributed by atoms with Gasteiger partial charge in [0.1, 0.15) is 0 Å². The lowest BCUT2D eigenvalue weighted by Gasteiger charge is -2.19. The van der Waals surface area contributed by atoms with Crippen molar-refractivity contribution in [1.29, 1.82) is 0 Å². The zero-order valence-electron chi connectivity index (χ0n) is 10.9. The molecule has 1 aliphatic heterocycles. The molecule has 0 saturated carbocycles. The molecule has 1 aromatic carbocycles. The first-order chi connectivity index (χ1) is 8.16. The summed E-state index contributed by atoms with van der Waals surface area (Å²) in [5.74, 6) is 0.0439. The van der Waals surface area contributed by atoms with E-state index < -0.39 is 6.04 Å². The van der Waals surface area contributed by atoms with Gasteiger partial charge < -0.3 is 16.0 Å². The minimum absolute atomic E-state index is 0. The molecule has 0 radical (unpaired) electrons. The minimum Gasteiger partial charge on any atom is -0.380 e. The number of likely N-dealkylation sites (tertiary alicyclic amines) is 1. The van der Waals surface area contributed by atoms with E-state index in [4.69, 9.17) is 5.73 Å². The molecule has 19 heavy (non-hydrogen) atoms. The van der Waals surface area contributed by atoms with Gasteiger partial charge in [0.15, 0.2) is 0 Å². The van der Waals surface area contributed by atoms with Gasteiger partial charge in [-0.15, -0.1) is 24.8 Å². The molecule has 1 fully saturated rings. The van der Waals surface area contributed by atoms with Crippen LogP contribution in [0.25, 0.3) is 0 Å². The van der Waals surface area contributed by atoms with Gasteiger partial charge in [0.25, 0.3) is 0 Å². The van der Waals surface area contributed by atoms with Crippen molar-refractivity contribution in [3.63, 3.8) is 0 Å². The Morgan fingerprint density at radius 1 is 1.37 bits per heavy atom. The molecule has 3 N–H and O–H groups in total. The van der Waals surface area contributed by atoms with Crippen LogP contribution in [0.2, 0.25) is 0 Å². The lowest BCUT2D eigenvalue weighted by molar-refractivity contribution is -0.131. The van der Waals surface area contributed by atoms with Gasteiger partial charge in [-0.1, -0.05) is 18.2 Å². The third kappa shape index (κ3) is 4.90. The van der Waals surface area contributed by atoms with Crippen LogP contribution in [-0.2, 0) is 4.79 Å². The number of nitrogens with zero attached hydrogens (tertiary/aromatic N) is 1. The van der Waals surface area contributed by atoms with Gasteiger partial charge in [-0.2, -0.15) is 0 Å². The highest BCUT2D eigenvalue weighted by Crippen LogP contribution is 2.16. The smallest absolute Gasteiger partial charge is 0.239 e. The van der Waals surface area contributed by atoms with Crippen molar-refractivity contribution < 1.29 is 4.79 Å². The van der Waals surface area contributed by atoms with Crippen LogP contribution in [0.15, 0.2) is 30.3 Å². The van der Waals surface area contributed by atoms with E-state index in [1.807, 2.05) is 35.2 Å². The number of carbonyl (C=O) groups excluding carboxylic acids is 1. The van der Waals surface area contributed by atoms with Crippen molar-refractivity contribution in [3.8, 4) is 0 Å². The number of anilines is 1. The molecular weight excluding hydrogens is 285 g/mol. The number of hydrogen-bond donors (Lipinski definition) is 2. The fraction of sp³-hybridized carbons (Fsp3) is 0.462. The Hall–Kier alpha value is -0.970. The molecule has 1 amide bonds. The third-order valence-electron chi connectivity index (χ3n) is 3.03. The highest BCUT2D eigenvalue weighted by molar-refractivity contribution is 5.85. The van der Waals surface area contributed by atoms with E-state index in [-0.39, 0.29) is 30.7 Å². The average molecular weight is 306 g/mol. The first kappa shape index (κ1) is 18.0. The second kappa shape index (κ2) is 8.25. The van der Waals surface area contributed by atoms with Crippen molar-refractivity contribution in [2.24, 2.45) is 5.73 Å². The maximum Gasteiger partial charge on any atom is 0.239 e. The second-order valence-electron chi connectivity index (χ2n) is 4.57. The van der Waals surface area contributed by atoms with E-state index in [9.17, 15) is 4.79 Å². The number of nitrogens with two attached hydrogens (primary N) is 1. The quantitative estimate of drug-likeness (QED) is 0.896. The van der Waals surface area contributed by atoms with Gasteiger partial charge in [0.05, 0.1) is 6.04 Å². The van der Waals surface area contributed by atoms with E-state index in [2.05, 4.69) is 5.32 Å². The van der Waals surface area contributed by atoms with Crippen molar-refractivity contribution in [2.45, 2.75) is 25.4 Å². The Balaban J connectivity index is 0.00000162. The SMILES string of the molecule is C[C@@H](N)C(=O)N1CCC(Nc2ccccc2)C1.Cl.Cl. The van der Waals surface area contributed by atoms with E-state index in [1.165, 1.54) is 0 Å². The van der Waals surface area contributed by atoms with E-state index in [0.29, 0.717) is 6.04 Å². The Bertz CT molecular complexity index is 387. The maximum absolute atomic E-state index is 11.7. The van der Waals surface area contributed by atoms with Crippen molar-refractivity contribution in [3.05, 3.63) is 30.3 Å². The summed E-state index contributed by atoms with van der Waals surface area (Å²) < 4.78 is 0. The predicted octanol–water partition coefficient (Wildman–Crippen LogP) is 1.89. The highest BCUT2D eigenvalue weighted by atomic mass is 35.5. The molecular formula is C13H21Cl2N3O. The average Bonchev–Trinajstić information content (AvgIpc) is 2.77. The zero-order chi connectivity index (χ0) is 12.3. The summed E-state index contributed by atoms with van der Waals surface area (Å²) in [6, 6.07) is 10.0. The topological polar surface area (TPSA) is 58.4 Å². The first-order valence-electron chi connectivity index (χ1n) is 6.03. The molecule has 1 aromatic rings. The summed E-state index contributed by atoms with van der Waals surface area (Å²) in [6.45, 7) is 3.28. The van der Waals surface area contributed by atoms with Crippen LogP contribution >= 0.6 is 24.8 Å². The van der Waals surface area contributed by atoms with E-state index in [1.54, 1.807) is 6.92 Å². The fourth-order valence-electron chi connectivity index (χ4n) is 2.14. The molecule has 108 valence electrons. The van der Waals surface area contributed by atoms with Crippen LogP contribution in [0.4, 0.5) is 5.69 Å². The normalized spacial score (nSPS) is 19.1. The third-order valence-corrected chi connectivity index (χ3v) is 3.03. The van der Waals surface area contributed by atoms with Gasteiger partial charge in [-0.05, 0) is 25.5 Å². The largest absolute Gasteiger partial charge is 0.380 e. The minimum atomic E-state index is -0.398. The number of nitrogens with one attached hydrogen (secondary N) is 1. The molecule has 0 aromatic heterocycles. The molecule has 2 rings (SSSR count). The Morgan fingerprint density at radius 3 is 2.58 bits per heavy atom. The van der Waals surface area contributed by atoms with Gasteiger partial charge in [0.2, 0.25) is 5.91 Å². The van der Waals surface area contributed by atoms with Crippen LogP contribution in [0.1, 0.15) is 13.3 Å². The number of benzene rings is 1. The lowest BCUT2D eigenvalue weighted by atomic mass is 10.2. The number of hydrogen-bond acceptors (Lipinski definition) is 3. The maximum atomic E-state index is 11.7. The number of amides is 1. The van der Waals surface area contributed by atoms with Crippen molar-refractivity contribution >= 4 is 36.4 Å². The Labute approximate surface area is 126 Å². The fourth-order valence-corrected chi connectivity index (χ4v) is 2.14. The summed E-state index contributed by atoms with van der Waals surface area (Å²) in [5, 5.41) is 3.43. The molecule has 1 heterocycles. The Kier molecular flexibility index (Phi) is 7.83. The van der Waals surface area contributed by atoms with Gasteiger partial charge in [0, 0.05) is 24.8 Å². The van der Waals surface area contributed by atoms with E-state index in [0.717, 1.165) is 25.2 Å². The van der Waals surface area contributed by atoms with Gasteiger partial charge in [-0.3, -0.25) is 4.79 Å². The van der Waals surface area contributed by atoms with Crippen molar-refractivity contribution in [2.75, 3.05) is 18.4 Å². The number of rotatable bonds is 3. The molecule has 1 unspecified atom stereocenters. The standard InChI is InChI=1S/C13H19N3O.2ClH/c1-10(14)13(17)16-8-7-12(9-16)15-11-5-3-2-4-6-11;;/h2-6,10,12,15H,7-9,14H2,1H3;2*1H/t10-,12?;;/m1../s1. The predicted molar refractivity (Wildman–Crippen MR) is 83.2 cm³/mol. The van der Waals surface area contributed by atoms with Crippen LogP contribution < -0.4 is 11.1 Å². The highest BCUT2D eigenvalue weighted by Gasteiger charge is 2.27. The molecule has 1 aliphatic rings. The summed E-state index contributed by atoms with van der Waals surface area (Å²) in [4.78, 5) is 13.6. The molecule has 0 spiro atoms. The van der Waals surface area contributed by atoms with Crippen LogP contribution in [0.3, 0.4) is 0 Å². The van der Waals surface area contributed by atoms with Crippen LogP contribution in [0.5, 0.6) is 0 Å². The Morgan fingerprint density at radius 2 is 2.00 bits per heavy atom. The number of halogens is 2.